The van der Waals surface area contributed by atoms with Crippen LogP contribution in [0.3, 0.4) is 0 Å². The lowest BCUT2D eigenvalue weighted by atomic mass is 10.2. The molecule has 1 aromatic carbocycles. The number of rotatable bonds is 3. The van der Waals surface area contributed by atoms with Crippen molar-refractivity contribution in [3.63, 3.8) is 0 Å². The van der Waals surface area contributed by atoms with Gasteiger partial charge >= 0.3 is 0 Å². The molecule has 0 fully saturated rings. The predicted molar refractivity (Wildman–Crippen MR) is 66.4 cm³/mol. The monoisotopic (exact) mass is 244 g/mol. The lowest BCUT2D eigenvalue weighted by Crippen LogP contribution is -2.27. The van der Waals surface area contributed by atoms with Crippen LogP contribution in [-0.2, 0) is 6.54 Å². The van der Waals surface area contributed by atoms with E-state index in [-0.39, 0.29) is 11.5 Å². The third-order valence-corrected chi connectivity index (χ3v) is 2.59. The van der Waals surface area contributed by atoms with E-state index in [9.17, 15) is 9.18 Å². The molecular weight excluding hydrogens is 231 g/mol. The van der Waals surface area contributed by atoms with Crippen LogP contribution in [0.25, 0.3) is 0 Å². The highest BCUT2D eigenvalue weighted by Gasteiger charge is 2.15. The topological polar surface area (TPSA) is 33.2 Å². The van der Waals surface area contributed by atoms with Crippen molar-refractivity contribution in [2.24, 2.45) is 0 Å². The smallest absolute Gasteiger partial charge is 0.256 e. The number of carbonyl (C=O) groups excluding carboxylic acids is 1. The molecule has 18 heavy (non-hydrogen) atoms. The molecular formula is C14H13FN2O. The van der Waals surface area contributed by atoms with Crippen LogP contribution in [0.1, 0.15) is 15.9 Å². The number of carbonyl (C=O) groups is 1. The zero-order valence-electron chi connectivity index (χ0n) is 10.0. The maximum absolute atomic E-state index is 13.5. The molecule has 0 saturated heterocycles. The Morgan fingerprint density at radius 2 is 2.06 bits per heavy atom. The molecule has 0 bridgehead atoms. The van der Waals surface area contributed by atoms with E-state index in [1.807, 2.05) is 6.07 Å². The Kier molecular flexibility index (Phi) is 3.67. The normalized spacial score (nSPS) is 10.1. The molecule has 1 aromatic heterocycles. The molecule has 0 aliphatic carbocycles. The first-order chi connectivity index (χ1) is 8.68. The summed E-state index contributed by atoms with van der Waals surface area (Å²) in [7, 11) is 1.64. The molecule has 2 rings (SSSR count). The van der Waals surface area contributed by atoms with E-state index in [0.29, 0.717) is 6.54 Å². The van der Waals surface area contributed by atoms with Gasteiger partial charge < -0.3 is 4.90 Å². The van der Waals surface area contributed by atoms with Gasteiger partial charge in [-0.2, -0.15) is 0 Å². The van der Waals surface area contributed by atoms with Crippen LogP contribution in [0, 0.1) is 5.82 Å². The van der Waals surface area contributed by atoms with Crippen molar-refractivity contribution in [1.82, 2.24) is 9.88 Å². The molecule has 0 N–H and O–H groups in total. The Labute approximate surface area is 105 Å². The molecule has 0 saturated carbocycles. The SMILES string of the molecule is CN(Cc1cccnc1)C(=O)c1ccccc1F. The van der Waals surface area contributed by atoms with Crippen molar-refractivity contribution in [2.45, 2.75) is 6.54 Å². The van der Waals surface area contributed by atoms with Gasteiger partial charge in [0.15, 0.2) is 0 Å². The minimum atomic E-state index is -0.500. The molecule has 0 radical (unpaired) electrons. The Morgan fingerprint density at radius 3 is 2.72 bits per heavy atom. The Hall–Kier alpha value is -2.23. The summed E-state index contributed by atoms with van der Waals surface area (Å²) < 4.78 is 13.5. The number of pyridine rings is 1. The Morgan fingerprint density at radius 1 is 1.28 bits per heavy atom. The molecule has 0 spiro atoms. The van der Waals surface area contributed by atoms with Gasteiger partial charge in [0.2, 0.25) is 0 Å². The molecule has 2 aromatic rings. The highest BCUT2D eigenvalue weighted by atomic mass is 19.1. The van der Waals surface area contributed by atoms with Gasteiger partial charge in [-0.1, -0.05) is 18.2 Å². The van der Waals surface area contributed by atoms with Crippen LogP contribution in [0.5, 0.6) is 0 Å². The zero-order valence-corrected chi connectivity index (χ0v) is 10.0. The van der Waals surface area contributed by atoms with Gasteiger partial charge in [-0.25, -0.2) is 4.39 Å². The first kappa shape index (κ1) is 12.2. The van der Waals surface area contributed by atoms with Crippen LogP contribution in [0.2, 0.25) is 0 Å². The van der Waals surface area contributed by atoms with Crippen molar-refractivity contribution in [3.8, 4) is 0 Å². The summed E-state index contributed by atoms with van der Waals surface area (Å²) in [5.41, 5.74) is 0.994. The molecule has 0 aliphatic heterocycles. The first-order valence-corrected chi connectivity index (χ1v) is 5.57. The number of benzene rings is 1. The van der Waals surface area contributed by atoms with Gasteiger partial charge in [-0.05, 0) is 23.8 Å². The summed E-state index contributed by atoms with van der Waals surface area (Å²) in [6.07, 6.45) is 3.35. The molecule has 1 amide bonds. The summed E-state index contributed by atoms with van der Waals surface area (Å²) >= 11 is 0. The summed E-state index contributed by atoms with van der Waals surface area (Å²) in [4.78, 5) is 17.5. The molecule has 0 atom stereocenters. The number of hydrogen-bond acceptors (Lipinski definition) is 2. The van der Waals surface area contributed by atoms with E-state index in [0.717, 1.165) is 5.56 Å². The zero-order chi connectivity index (χ0) is 13.0. The number of amides is 1. The highest BCUT2D eigenvalue weighted by molar-refractivity contribution is 5.94. The van der Waals surface area contributed by atoms with Gasteiger partial charge in [0, 0.05) is 26.0 Å². The maximum Gasteiger partial charge on any atom is 0.256 e. The van der Waals surface area contributed by atoms with Crippen molar-refractivity contribution in [2.75, 3.05) is 7.05 Å². The lowest BCUT2D eigenvalue weighted by molar-refractivity contribution is 0.0780. The second-order valence-electron chi connectivity index (χ2n) is 4.00. The van der Waals surface area contributed by atoms with Gasteiger partial charge in [-0.3, -0.25) is 9.78 Å². The van der Waals surface area contributed by atoms with Crippen molar-refractivity contribution in [1.29, 1.82) is 0 Å². The van der Waals surface area contributed by atoms with E-state index in [1.165, 1.54) is 17.0 Å². The van der Waals surface area contributed by atoms with Crippen molar-refractivity contribution in [3.05, 3.63) is 65.7 Å². The number of aromatic nitrogens is 1. The predicted octanol–water partition coefficient (Wildman–Crippen LogP) is 2.49. The van der Waals surface area contributed by atoms with E-state index >= 15 is 0 Å². The van der Waals surface area contributed by atoms with Crippen LogP contribution < -0.4 is 0 Å². The number of nitrogens with zero attached hydrogens (tertiary/aromatic N) is 2. The Balaban J connectivity index is 2.13. The van der Waals surface area contributed by atoms with E-state index in [2.05, 4.69) is 4.98 Å². The van der Waals surface area contributed by atoms with Gasteiger partial charge in [0.05, 0.1) is 5.56 Å². The molecule has 0 unspecified atom stereocenters. The number of hydrogen-bond donors (Lipinski definition) is 0. The summed E-state index contributed by atoms with van der Waals surface area (Å²) in [5, 5.41) is 0. The van der Waals surface area contributed by atoms with Gasteiger partial charge in [-0.15, -0.1) is 0 Å². The molecule has 92 valence electrons. The second kappa shape index (κ2) is 5.40. The van der Waals surface area contributed by atoms with Crippen LogP contribution in [-0.4, -0.2) is 22.8 Å². The average Bonchev–Trinajstić information content (AvgIpc) is 2.39. The Bertz CT molecular complexity index is 543. The third-order valence-electron chi connectivity index (χ3n) is 2.59. The van der Waals surface area contributed by atoms with E-state index in [4.69, 9.17) is 0 Å². The van der Waals surface area contributed by atoms with Crippen molar-refractivity contribution < 1.29 is 9.18 Å². The fourth-order valence-corrected chi connectivity index (χ4v) is 1.68. The molecule has 0 aliphatic rings. The fraction of sp³-hybridized carbons (Fsp3) is 0.143. The largest absolute Gasteiger partial charge is 0.337 e. The fourth-order valence-electron chi connectivity index (χ4n) is 1.68. The summed E-state index contributed by atoms with van der Waals surface area (Å²) in [6, 6.07) is 9.65. The number of halogens is 1. The van der Waals surface area contributed by atoms with Gasteiger partial charge in [0.1, 0.15) is 5.82 Å². The van der Waals surface area contributed by atoms with Crippen LogP contribution in [0.15, 0.2) is 48.8 Å². The molecule has 4 heteroatoms. The highest BCUT2D eigenvalue weighted by Crippen LogP contribution is 2.11. The van der Waals surface area contributed by atoms with Crippen LogP contribution in [0.4, 0.5) is 4.39 Å². The average molecular weight is 244 g/mol. The lowest BCUT2D eigenvalue weighted by Gasteiger charge is -2.17. The van der Waals surface area contributed by atoms with Crippen molar-refractivity contribution >= 4 is 5.91 Å². The van der Waals surface area contributed by atoms with E-state index in [1.54, 1.807) is 37.6 Å². The van der Waals surface area contributed by atoms with Gasteiger partial charge in [0.25, 0.3) is 5.91 Å². The second-order valence-corrected chi connectivity index (χ2v) is 4.00. The third kappa shape index (κ3) is 2.71. The summed E-state index contributed by atoms with van der Waals surface area (Å²) in [6.45, 7) is 0.404. The first-order valence-electron chi connectivity index (χ1n) is 5.57. The summed E-state index contributed by atoms with van der Waals surface area (Å²) in [5.74, 6) is -0.836. The van der Waals surface area contributed by atoms with E-state index < -0.39 is 5.82 Å². The molecule has 1 heterocycles. The van der Waals surface area contributed by atoms with Crippen LogP contribution >= 0.6 is 0 Å². The minimum absolute atomic E-state index is 0.0869. The molecule has 3 nitrogen and oxygen atoms in total. The standard InChI is InChI=1S/C14H13FN2O/c1-17(10-11-5-4-8-16-9-11)14(18)12-6-2-3-7-13(12)15/h2-9H,10H2,1H3. The maximum atomic E-state index is 13.5. The minimum Gasteiger partial charge on any atom is -0.337 e. The quantitative estimate of drug-likeness (QED) is 0.831.